The molecule has 98 valence electrons. The molecule has 5 nitrogen and oxygen atoms in total. The molecule has 0 aliphatic carbocycles. The minimum absolute atomic E-state index is 0. The van der Waals surface area contributed by atoms with Crippen LogP contribution in [0.5, 0.6) is 0 Å². The van der Waals surface area contributed by atoms with Gasteiger partial charge >= 0.3 is 29.6 Å². The maximum Gasteiger partial charge on any atom is 1.00 e. The van der Waals surface area contributed by atoms with E-state index in [9.17, 15) is 13.0 Å². The summed E-state index contributed by atoms with van der Waals surface area (Å²) in [5.74, 6) is 0.662. The van der Waals surface area contributed by atoms with Gasteiger partial charge in [0, 0.05) is 5.75 Å². The third-order valence-electron chi connectivity index (χ3n) is 2.02. The van der Waals surface area contributed by atoms with Crippen LogP contribution < -0.4 is 29.6 Å². The maximum absolute atomic E-state index is 10.2. The molecule has 0 spiro atoms. The van der Waals surface area contributed by atoms with E-state index >= 15 is 0 Å². The van der Waals surface area contributed by atoms with Crippen molar-refractivity contribution in [3.63, 3.8) is 0 Å². The number of nitrogens with zero attached hydrogens (tertiary/aromatic N) is 1. The molecule has 0 aliphatic rings. The molecule has 0 radical (unpaired) electrons. The quantitative estimate of drug-likeness (QED) is 0.229. The molecule has 0 aliphatic heterocycles. The zero-order valence-corrected chi connectivity index (χ0v) is 14.7. The van der Waals surface area contributed by atoms with Gasteiger partial charge in [-0.3, -0.25) is 4.18 Å². The van der Waals surface area contributed by atoms with Crippen LogP contribution in [-0.2, 0) is 14.6 Å². The Bertz CT molecular complexity index is 595. The second-order valence-corrected chi connectivity index (χ2v) is 6.80. The molecule has 0 N–H and O–H groups in total. The number of rotatable bonds is 6. The molecule has 1 heterocycles. The molecule has 2 aromatic rings. The van der Waals surface area contributed by atoms with Crippen LogP contribution in [0.25, 0.3) is 10.2 Å². The number of thiazole rings is 1. The summed E-state index contributed by atoms with van der Waals surface area (Å²) >= 11 is 3.12. The predicted molar refractivity (Wildman–Crippen MR) is 70.6 cm³/mol. The normalized spacial score (nSPS) is 11.4. The Hall–Kier alpha value is 0.330. The van der Waals surface area contributed by atoms with E-state index in [2.05, 4.69) is 9.17 Å². The average molecular weight is 327 g/mol. The third kappa shape index (κ3) is 6.09. The van der Waals surface area contributed by atoms with Crippen LogP contribution in [0.4, 0.5) is 0 Å². The van der Waals surface area contributed by atoms with E-state index in [1.165, 1.54) is 11.8 Å². The van der Waals surface area contributed by atoms with E-state index in [0.717, 1.165) is 14.6 Å². The number of aromatic nitrogens is 1. The fourth-order valence-corrected chi connectivity index (χ4v) is 3.67. The molecule has 2 rings (SSSR count). The Morgan fingerprint density at radius 2 is 2.11 bits per heavy atom. The first-order valence-corrected chi connectivity index (χ1v) is 8.27. The number of fused-ring (bicyclic) bond motifs is 1. The van der Waals surface area contributed by atoms with Gasteiger partial charge in [0.05, 0.1) is 16.8 Å². The van der Waals surface area contributed by atoms with Crippen LogP contribution in [0, 0.1) is 0 Å². The molecule has 0 saturated heterocycles. The van der Waals surface area contributed by atoms with Crippen molar-refractivity contribution in [3.8, 4) is 0 Å². The van der Waals surface area contributed by atoms with Crippen molar-refractivity contribution in [1.82, 2.24) is 4.98 Å². The smallest absolute Gasteiger partial charge is 0.726 e. The van der Waals surface area contributed by atoms with E-state index in [1.54, 1.807) is 11.3 Å². The molecule has 0 atom stereocenters. The van der Waals surface area contributed by atoms with E-state index in [1.807, 2.05) is 24.3 Å². The van der Waals surface area contributed by atoms with E-state index in [-0.39, 0.29) is 36.2 Å². The summed E-state index contributed by atoms with van der Waals surface area (Å²) < 4.78 is 36.7. The molecule has 0 saturated carbocycles. The van der Waals surface area contributed by atoms with Crippen molar-refractivity contribution in [1.29, 1.82) is 0 Å². The van der Waals surface area contributed by atoms with Crippen LogP contribution in [0.15, 0.2) is 28.6 Å². The first kappa shape index (κ1) is 17.4. The molecule has 0 fully saturated rings. The predicted octanol–water partition coefficient (Wildman–Crippen LogP) is -0.741. The molecular formula is C10H10NNaO4S3. The van der Waals surface area contributed by atoms with Gasteiger partial charge in [-0.25, -0.2) is 13.4 Å². The standard InChI is InChI=1S/C10H11NO4S3.Na/c12-18(13,14)15-6-3-7-16-10-11-8-4-1-2-5-9(8)17-10;/h1-2,4-5H,3,6-7H2,(H,12,13,14);/q;+1/p-1. The Balaban J connectivity index is 0.00000180. The van der Waals surface area contributed by atoms with Crippen LogP contribution in [0.3, 0.4) is 0 Å². The van der Waals surface area contributed by atoms with Gasteiger partial charge in [0.15, 0.2) is 4.34 Å². The summed E-state index contributed by atoms with van der Waals surface area (Å²) in [6.07, 6.45) is 0.488. The average Bonchev–Trinajstić information content (AvgIpc) is 2.69. The van der Waals surface area contributed by atoms with Gasteiger partial charge < -0.3 is 4.55 Å². The molecule has 1 aromatic heterocycles. The molecule has 0 unspecified atom stereocenters. The van der Waals surface area contributed by atoms with Crippen molar-refractivity contribution in [2.75, 3.05) is 12.4 Å². The van der Waals surface area contributed by atoms with Gasteiger partial charge in [-0.2, -0.15) is 0 Å². The van der Waals surface area contributed by atoms with Crippen LogP contribution >= 0.6 is 23.1 Å². The molecule has 1 aromatic carbocycles. The number of para-hydroxylation sites is 1. The summed E-state index contributed by atoms with van der Waals surface area (Å²) in [6.45, 7) is -0.0796. The number of benzene rings is 1. The summed E-state index contributed by atoms with van der Waals surface area (Å²) in [6, 6.07) is 7.85. The van der Waals surface area contributed by atoms with Crippen molar-refractivity contribution >= 4 is 43.7 Å². The Morgan fingerprint density at radius 3 is 2.79 bits per heavy atom. The molecule has 9 heteroatoms. The van der Waals surface area contributed by atoms with Gasteiger partial charge in [0.1, 0.15) is 0 Å². The third-order valence-corrected chi connectivity index (χ3v) is 4.74. The van der Waals surface area contributed by atoms with Crippen LogP contribution in [-0.4, -0.2) is 30.3 Å². The fourth-order valence-electron chi connectivity index (χ4n) is 1.29. The van der Waals surface area contributed by atoms with E-state index in [0.29, 0.717) is 12.2 Å². The van der Waals surface area contributed by atoms with Gasteiger partial charge in [0.25, 0.3) is 0 Å². The SMILES string of the molecule is O=S(=O)([O-])OCCCSc1nc2ccccc2s1.[Na+]. The van der Waals surface area contributed by atoms with Crippen LogP contribution in [0.1, 0.15) is 6.42 Å². The monoisotopic (exact) mass is 327 g/mol. The number of hydrogen-bond donors (Lipinski definition) is 0. The van der Waals surface area contributed by atoms with Crippen molar-refractivity contribution in [2.24, 2.45) is 0 Å². The Labute approximate surface area is 142 Å². The molecule has 0 amide bonds. The number of hydrogen-bond acceptors (Lipinski definition) is 7. The summed E-state index contributed by atoms with van der Waals surface area (Å²) in [7, 11) is -4.56. The minimum Gasteiger partial charge on any atom is -0.726 e. The van der Waals surface area contributed by atoms with Gasteiger partial charge in [-0.05, 0) is 18.6 Å². The fraction of sp³-hybridized carbons (Fsp3) is 0.300. The van der Waals surface area contributed by atoms with E-state index < -0.39 is 10.4 Å². The van der Waals surface area contributed by atoms with Crippen molar-refractivity contribution in [2.45, 2.75) is 10.8 Å². The largest absolute Gasteiger partial charge is 1.00 e. The van der Waals surface area contributed by atoms with Gasteiger partial charge in [-0.1, -0.05) is 23.9 Å². The first-order valence-electron chi connectivity index (χ1n) is 5.13. The molecule has 19 heavy (non-hydrogen) atoms. The first-order chi connectivity index (χ1) is 8.54. The van der Waals surface area contributed by atoms with Crippen molar-refractivity contribution < 1.29 is 46.7 Å². The molecular weight excluding hydrogens is 317 g/mol. The van der Waals surface area contributed by atoms with Crippen LogP contribution in [0.2, 0.25) is 0 Å². The number of thioether (sulfide) groups is 1. The zero-order valence-electron chi connectivity index (χ0n) is 10.2. The second kappa shape index (κ2) is 7.94. The van der Waals surface area contributed by atoms with E-state index in [4.69, 9.17) is 0 Å². The van der Waals surface area contributed by atoms with Crippen molar-refractivity contribution in [3.05, 3.63) is 24.3 Å². The Kier molecular flexibility index (Phi) is 7.26. The summed E-state index contributed by atoms with van der Waals surface area (Å²) in [4.78, 5) is 4.42. The van der Waals surface area contributed by atoms with Gasteiger partial charge in [0.2, 0.25) is 10.4 Å². The van der Waals surface area contributed by atoms with Gasteiger partial charge in [-0.15, -0.1) is 11.3 Å². The zero-order chi connectivity index (χ0) is 13.0. The summed E-state index contributed by atoms with van der Waals surface area (Å²) in [5.41, 5.74) is 0.961. The Morgan fingerprint density at radius 1 is 1.37 bits per heavy atom. The maximum atomic E-state index is 10.2. The molecule has 0 bridgehead atoms. The minimum atomic E-state index is -4.56. The second-order valence-electron chi connectivity index (χ2n) is 3.38. The summed E-state index contributed by atoms with van der Waals surface area (Å²) in [5, 5.41) is 0. The topological polar surface area (TPSA) is 79.3 Å².